The average Bonchev–Trinajstić information content (AvgIpc) is 2.35. The molecular formula is C12H14O5. The van der Waals surface area contributed by atoms with Crippen LogP contribution in [0.4, 0.5) is 0 Å². The lowest BCUT2D eigenvalue weighted by Gasteiger charge is -2.20. The van der Waals surface area contributed by atoms with Crippen molar-refractivity contribution in [3.63, 3.8) is 0 Å². The number of carbonyl (C=O) groups excluding carboxylic acids is 2. The molecule has 1 rings (SSSR count). The highest BCUT2D eigenvalue weighted by atomic mass is 16.6. The third-order valence-electron chi connectivity index (χ3n) is 2.15. The molecule has 0 bridgehead atoms. The second-order valence-corrected chi connectivity index (χ2v) is 3.41. The third-order valence-corrected chi connectivity index (χ3v) is 2.15. The Kier molecular flexibility index (Phi) is 4.66. The van der Waals surface area contributed by atoms with Gasteiger partial charge in [-0.1, -0.05) is 30.3 Å². The van der Waals surface area contributed by atoms with Crippen LogP contribution in [0.2, 0.25) is 0 Å². The lowest BCUT2D eigenvalue weighted by Crippen LogP contribution is -2.33. The van der Waals surface area contributed by atoms with Gasteiger partial charge in [0.2, 0.25) is 6.10 Å². The topological polar surface area (TPSA) is 72.8 Å². The fraction of sp³-hybridized carbons (Fsp3) is 0.333. The summed E-state index contributed by atoms with van der Waals surface area (Å²) in [5.41, 5.74) is 0.476. The molecule has 0 unspecified atom stereocenters. The molecule has 0 saturated carbocycles. The highest BCUT2D eigenvalue weighted by molar-refractivity contribution is 5.79. The van der Waals surface area contributed by atoms with Crippen molar-refractivity contribution in [2.24, 2.45) is 0 Å². The first-order valence-electron chi connectivity index (χ1n) is 5.04. The smallest absolute Gasteiger partial charge is 0.350 e. The zero-order valence-electron chi connectivity index (χ0n) is 9.62. The minimum Gasteiger partial charge on any atom is -0.466 e. The molecule has 1 N–H and O–H groups in total. The molecule has 0 fully saturated rings. The van der Waals surface area contributed by atoms with E-state index in [9.17, 15) is 14.7 Å². The molecule has 0 saturated heterocycles. The predicted octanol–water partition coefficient (Wildman–Crippen LogP) is 0.825. The Morgan fingerprint density at radius 2 is 1.82 bits per heavy atom. The van der Waals surface area contributed by atoms with Crippen molar-refractivity contribution >= 4 is 11.9 Å². The minimum absolute atomic E-state index is 0.476. The van der Waals surface area contributed by atoms with Gasteiger partial charge in [0.25, 0.3) is 0 Å². The SMILES string of the molecule is COC(=O)[C@@H](OC(C)=O)[C@H](O)c1ccccc1. The summed E-state index contributed by atoms with van der Waals surface area (Å²) in [5, 5.41) is 9.95. The van der Waals surface area contributed by atoms with Gasteiger partial charge >= 0.3 is 11.9 Å². The van der Waals surface area contributed by atoms with Gasteiger partial charge in [-0.25, -0.2) is 4.79 Å². The van der Waals surface area contributed by atoms with Crippen LogP contribution >= 0.6 is 0 Å². The number of ether oxygens (including phenoxy) is 2. The van der Waals surface area contributed by atoms with Gasteiger partial charge in [-0.05, 0) is 5.56 Å². The van der Waals surface area contributed by atoms with Crippen LogP contribution in [0.1, 0.15) is 18.6 Å². The molecule has 92 valence electrons. The van der Waals surface area contributed by atoms with Crippen molar-refractivity contribution in [2.45, 2.75) is 19.1 Å². The van der Waals surface area contributed by atoms with Gasteiger partial charge in [0.1, 0.15) is 6.10 Å². The van der Waals surface area contributed by atoms with Gasteiger partial charge in [0.15, 0.2) is 0 Å². The maximum absolute atomic E-state index is 11.4. The van der Waals surface area contributed by atoms with Crippen molar-refractivity contribution < 1.29 is 24.2 Å². The number of hydrogen-bond acceptors (Lipinski definition) is 5. The molecule has 0 spiro atoms. The normalized spacial score (nSPS) is 13.6. The summed E-state index contributed by atoms with van der Waals surface area (Å²) in [4.78, 5) is 22.3. The van der Waals surface area contributed by atoms with E-state index in [1.807, 2.05) is 0 Å². The predicted molar refractivity (Wildman–Crippen MR) is 59.0 cm³/mol. The standard InChI is InChI=1S/C12H14O5/c1-8(13)17-11(12(15)16-2)10(14)9-6-4-3-5-7-9/h3-7,10-11,14H,1-2H3/t10-,11+/m1/s1. The van der Waals surface area contributed by atoms with Gasteiger partial charge in [0, 0.05) is 6.92 Å². The van der Waals surface area contributed by atoms with E-state index in [0.29, 0.717) is 5.56 Å². The Labute approximate surface area is 99.0 Å². The monoisotopic (exact) mass is 238 g/mol. The zero-order chi connectivity index (χ0) is 12.8. The second-order valence-electron chi connectivity index (χ2n) is 3.41. The van der Waals surface area contributed by atoms with Crippen LogP contribution in [0, 0.1) is 0 Å². The van der Waals surface area contributed by atoms with E-state index >= 15 is 0 Å². The third kappa shape index (κ3) is 3.57. The Bertz CT molecular complexity index is 387. The molecule has 17 heavy (non-hydrogen) atoms. The summed E-state index contributed by atoms with van der Waals surface area (Å²) in [6.45, 7) is 1.16. The molecule has 5 nitrogen and oxygen atoms in total. The number of rotatable bonds is 4. The Hall–Kier alpha value is -1.88. The molecule has 0 aromatic heterocycles. The lowest BCUT2D eigenvalue weighted by atomic mass is 10.0. The van der Waals surface area contributed by atoms with Crippen molar-refractivity contribution in [2.75, 3.05) is 7.11 Å². The molecular weight excluding hydrogens is 224 g/mol. The number of methoxy groups -OCH3 is 1. The van der Waals surface area contributed by atoms with Crippen molar-refractivity contribution in [3.8, 4) is 0 Å². The second kappa shape index (κ2) is 6.00. The van der Waals surface area contributed by atoms with E-state index in [-0.39, 0.29) is 0 Å². The summed E-state index contributed by atoms with van der Waals surface area (Å²) in [6, 6.07) is 8.45. The number of aliphatic hydroxyl groups is 1. The van der Waals surface area contributed by atoms with E-state index < -0.39 is 24.1 Å². The van der Waals surface area contributed by atoms with Gasteiger partial charge < -0.3 is 14.6 Å². The summed E-state index contributed by atoms with van der Waals surface area (Å²) in [6.07, 6.45) is -2.59. The maximum Gasteiger partial charge on any atom is 0.350 e. The molecule has 1 aromatic carbocycles. The van der Waals surface area contributed by atoms with E-state index in [2.05, 4.69) is 4.74 Å². The lowest BCUT2D eigenvalue weighted by molar-refractivity contribution is -0.172. The Balaban J connectivity index is 2.90. The Morgan fingerprint density at radius 1 is 1.24 bits per heavy atom. The molecule has 0 radical (unpaired) electrons. The fourth-order valence-corrected chi connectivity index (χ4v) is 1.36. The van der Waals surface area contributed by atoms with Gasteiger partial charge in [-0.15, -0.1) is 0 Å². The summed E-state index contributed by atoms with van der Waals surface area (Å²) in [7, 11) is 1.16. The van der Waals surface area contributed by atoms with Crippen LogP contribution in [0.5, 0.6) is 0 Å². The maximum atomic E-state index is 11.4. The number of hydrogen-bond donors (Lipinski definition) is 1. The van der Waals surface area contributed by atoms with Crippen molar-refractivity contribution in [3.05, 3.63) is 35.9 Å². The van der Waals surface area contributed by atoms with Gasteiger partial charge in [0.05, 0.1) is 7.11 Å². The van der Waals surface area contributed by atoms with Crippen molar-refractivity contribution in [1.29, 1.82) is 0 Å². The van der Waals surface area contributed by atoms with Crippen LogP contribution in [0.25, 0.3) is 0 Å². The molecule has 0 amide bonds. The minimum atomic E-state index is -1.35. The molecule has 1 aromatic rings. The first-order valence-corrected chi connectivity index (χ1v) is 5.04. The molecule has 0 heterocycles. The molecule has 2 atom stereocenters. The highest BCUT2D eigenvalue weighted by Crippen LogP contribution is 2.20. The fourth-order valence-electron chi connectivity index (χ4n) is 1.36. The summed E-state index contributed by atoms with van der Waals surface area (Å²) >= 11 is 0. The van der Waals surface area contributed by atoms with Crippen LogP contribution < -0.4 is 0 Å². The number of benzene rings is 1. The first kappa shape index (κ1) is 13.2. The quantitative estimate of drug-likeness (QED) is 0.786. The van der Waals surface area contributed by atoms with Crippen LogP contribution in [-0.4, -0.2) is 30.3 Å². The Morgan fingerprint density at radius 3 is 2.29 bits per heavy atom. The average molecular weight is 238 g/mol. The van der Waals surface area contributed by atoms with E-state index in [4.69, 9.17) is 4.74 Å². The van der Waals surface area contributed by atoms with Gasteiger partial charge in [-0.2, -0.15) is 0 Å². The number of aliphatic hydroxyl groups excluding tert-OH is 1. The molecule has 0 aliphatic carbocycles. The first-order chi connectivity index (χ1) is 8.06. The molecule has 0 aliphatic heterocycles. The number of esters is 2. The van der Waals surface area contributed by atoms with Crippen LogP contribution in [-0.2, 0) is 19.1 Å². The molecule has 5 heteroatoms. The highest BCUT2D eigenvalue weighted by Gasteiger charge is 2.31. The molecule has 0 aliphatic rings. The van der Waals surface area contributed by atoms with E-state index in [1.54, 1.807) is 30.3 Å². The van der Waals surface area contributed by atoms with Crippen molar-refractivity contribution in [1.82, 2.24) is 0 Å². The zero-order valence-corrected chi connectivity index (χ0v) is 9.62. The van der Waals surface area contributed by atoms with E-state index in [1.165, 1.54) is 0 Å². The largest absolute Gasteiger partial charge is 0.466 e. The summed E-state index contributed by atoms with van der Waals surface area (Å²) in [5.74, 6) is -1.45. The van der Waals surface area contributed by atoms with Crippen LogP contribution in [0.3, 0.4) is 0 Å². The van der Waals surface area contributed by atoms with Crippen LogP contribution in [0.15, 0.2) is 30.3 Å². The summed E-state index contributed by atoms with van der Waals surface area (Å²) < 4.78 is 9.24. The van der Waals surface area contributed by atoms with Gasteiger partial charge in [-0.3, -0.25) is 4.79 Å². The van der Waals surface area contributed by atoms with E-state index in [0.717, 1.165) is 14.0 Å². The number of carbonyl (C=O) groups is 2.